The van der Waals surface area contributed by atoms with Gasteiger partial charge in [-0.05, 0) is 53.0 Å². The lowest BCUT2D eigenvalue weighted by atomic mass is 9.81. The third-order valence-corrected chi connectivity index (χ3v) is 4.75. The van der Waals surface area contributed by atoms with Gasteiger partial charge in [-0.2, -0.15) is 0 Å². The van der Waals surface area contributed by atoms with E-state index in [9.17, 15) is 5.11 Å². The molecular formula is C14H21ClINO. The van der Waals surface area contributed by atoms with Gasteiger partial charge in [0.2, 0.25) is 0 Å². The molecule has 4 heteroatoms. The van der Waals surface area contributed by atoms with Crippen molar-refractivity contribution in [3.8, 4) is 0 Å². The van der Waals surface area contributed by atoms with Crippen LogP contribution in [0.5, 0.6) is 0 Å². The van der Waals surface area contributed by atoms with Crippen molar-refractivity contribution in [2.45, 2.75) is 44.2 Å². The van der Waals surface area contributed by atoms with Gasteiger partial charge in [0.25, 0.3) is 0 Å². The second-order valence-electron chi connectivity index (χ2n) is 4.94. The molecule has 0 spiro atoms. The molecule has 0 radical (unpaired) electrons. The van der Waals surface area contributed by atoms with Crippen molar-refractivity contribution in [1.29, 1.82) is 0 Å². The van der Waals surface area contributed by atoms with Gasteiger partial charge in [0.05, 0.1) is 12.1 Å². The summed E-state index contributed by atoms with van der Waals surface area (Å²) in [6, 6.07) is 7.82. The van der Waals surface area contributed by atoms with Crippen LogP contribution in [0.25, 0.3) is 0 Å². The highest BCUT2D eigenvalue weighted by atomic mass is 127. The molecule has 18 heavy (non-hydrogen) atoms. The molecule has 3 N–H and O–H groups in total. The number of rotatable bonds is 3. The lowest BCUT2D eigenvalue weighted by Gasteiger charge is -2.31. The van der Waals surface area contributed by atoms with E-state index in [1.807, 2.05) is 24.3 Å². The van der Waals surface area contributed by atoms with E-state index >= 15 is 0 Å². The molecule has 0 aliphatic heterocycles. The SMILES string of the molecule is Cl.N[C@H](c1ccccc1I)[C@@H](O)C1CCCCC1. The van der Waals surface area contributed by atoms with E-state index in [-0.39, 0.29) is 18.4 Å². The van der Waals surface area contributed by atoms with E-state index in [1.165, 1.54) is 19.3 Å². The first-order valence-corrected chi connectivity index (χ1v) is 7.46. The minimum Gasteiger partial charge on any atom is -0.391 e. The Hall–Kier alpha value is 0.160. The molecule has 0 saturated heterocycles. The molecule has 0 bridgehead atoms. The fraction of sp³-hybridized carbons (Fsp3) is 0.571. The van der Waals surface area contributed by atoms with Crippen LogP contribution in [0.3, 0.4) is 0 Å². The Morgan fingerprint density at radius 2 is 1.78 bits per heavy atom. The molecule has 1 aromatic carbocycles. The van der Waals surface area contributed by atoms with Gasteiger partial charge in [0.15, 0.2) is 0 Å². The highest BCUT2D eigenvalue weighted by Crippen LogP contribution is 2.32. The Balaban J connectivity index is 0.00000162. The first-order chi connectivity index (χ1) is 8.20. The first-order valence-electron chi connectivity index (χ1n) is 6.38. The minimum atomic E-state index is -0.397. The number of benzene rings is 1. The third kappa shape index (κ3) is 3.83. The van der Waals surface area contributed by atoms with E-state index in [2.05, 4.69) is 22.6 Å². The van der Waals surface area contributed by atoms with Gasteiger partial charge in [-0.25, -0.2) is 0 Å². The summed E-state index contributed by atoms with van der Waals surface area (Å²) in [5.74, 6) is 0.384. The molecule has 0 unspecified atom stereocenters. The van der Waals surface area contributed by atoms with Crippen molar-refractivity contribution >= 4 is 35.0 Å². The number of nitrogens with two attached hydrogens (primary N) is 1. The van der Waals surface area contributed by atoms with E-state index in [1.54, 1.807) is 0 Å². The van der Waals surface area contributed by atoms with E-state index in [4.69, 9.17) is 5.73 Å². The van der Waals surface area contributed by atoms with E-state index in [0.29, 0.717) is 5.92 Å². The molecule has 0 heterocycles. The zero-order valence-corrected chi connectivity index (χ0v) is 13.4. The molecule has 1 fully saturated rings. The summed E-state index contributed by atoms with van der Waals surface area (Å²) < 4.78 is 1.15. The van der Waals surface area contributed by atoms with E-state index < -0.39 is 6.10 Å². The van der Waals surface area contributed by atoms with Crippen molar-refractivity contribution in [3.63, 3.8) is 0 Å². The number of halogens is 2. The zero-order chi connectivity index (χ0) is 12.3. The summed E-state index contributed by atoms with van der Waals surface area (Å²) in [6.07, 6.45) is 5.63. The average molecular weight is 382 g/mol. The Bertz CT molecular complexity index is 369. The fourth-order valence-electron chi connectivity index (χ4n) is 2.70. The summed E-state index contributed by atoms with van der Waals surface area (Å²) in [5.41, 5.74) is 7.29. The average Bonchev–Trinajstić information content (AvgIpc) is 2.39. The fourth-order valence-corrected chi connectivity index (χ4v) is 3.45. The maximum atomic E-state index is 10.4. The van der Waals surface area contributed by atoms with E-state index in [0.717, 1.165) is 22.0 Å². The van der Waals surface area contributed by atoms with Crippen LogP contribution in [0.4, 0.5) is 0 Å². The monoisotopic (exact) mass is 381 g/mol. The van der Waals surface area contributed by atoms with Gasteiger partial charge in [0, 0.05) is 3.57 Å². The molecule has 0 aromatic heterocycles. The second-order valence-corrected chi connectivity index (χ2v) is 6.10. The summed E-state index contributed by atoms with van der Waals surface area (Å²) in [6.45, 7) is 0. The second kappa shape index (κ2) is 7.68. The maximum Gasteiger partial charge on any atom is 0.0761 e. The summed E-state index contributed by atoms with van der Waals surface area (Å²) >= 11 is 2.29. The largest absolute Gasteiger partial charge is 0.391 e. The van der Waals surface area contributed by atoms with Crippen molar-refractivity contribution < 1.29 is 5.11 Å². The standard InChI is InChI=1S/C14H20INO.ClH/c15-12-9-5-4-8-11(12)13(16)14(17)10-6-2-1-3-7-10;/h4-5,8-10,13-14,17H,1-3,6-7,16H2;1H/t13-,14+;/m1./s1. The third-order valence-electron chi connectivity index (χ3n) is 3.77. The molecule has 0 amide bonds. The Morgan fingerprint density at radius 1 is 1.17 bits per heavy atom. The molecule has 1 aliphatic rings. The van der Waals surface area contributed by atoms with Crippen LogP contribution in [0.1, 0.15) is 43.7 Å². The van der Waals surface area contributed by atoms with Crippen LogP contribution >= 0.6 is 35.0 Å². The topological polar surface area (TPSA) is 46.2 Å². The van der Waals surface area contributed by atoms with Crippen LogP contribution in [0.2, 0.25) is 0 Å². The van der Waals surface area contributed by atoms with Gasteiger partial charge < -0.3 is 10.8 Å². The van der Waals surface area contributed by atoms with Gasteiger partial charge in [0.1, 0.15) is 0 Å². The zero-order valence-electron chi connectivity index (χ0n) is 10.4. The molecule has 102 valence electrons. The number of aliphatic hydroxyl groups excluding tert-OH is 1. The molecule has 1 aliphatic carbocycles. The van der Waals surface area contributed by atoms with Gasteiger partial charge in [-0.15, -0.1) is 12.4 Å². The molecule has 2 nitrogen and oxygen atoms in total. The molecule has 2 atom stereocenters. The van der Waals surface area contributed by atoms with Crippen LogP contribution in [-0.4, -0.2) is 11.2 Å². The highest BCUT2D eigenvalue weighted by molar-refractivity contribution is 14.1. The summed E-state index contributed by atoms with van der Waals surface area (Å²) in [7, 11) is 0. The molecule has 1 aromatic rings. The lowest BCUT2D eigenvalue weighted by Crippen LogP contribution is -2.34. The number of hydrogen-bond donors (Lipinski definition) is 2. The Morgan fingerprint density at radius 3 is 2.39 bits per heavy atom. The molecular weight excluding hydrogens is 361 g/mol. The maximum absolute atomic E-state index is 10.4. The molecule has 1 saturated carbocycles. The van der Waals surface area contributed by atoms with Crippen LogP contribution < -0.4 is 5.73 Å². The quantitative estimate of drug-likeness (QED) is 0.785. The van der Waals surface area contributed by atoms with Gasteiger partial charge in [-0.3, -0.25) is 0 Å². The number of aliphatic hydroxyl groups is 1. The van der Waals surface area contributed by atoms with Crippen LogP contribution in [0.15, 0.2) is 24.3 Å². The van der Waals surface area contributed by atoms with Crippen molar-refractivity contribution in [1.82, 2.24) is 0 Å². The minimum absolute atomic E-state index is 0. The predicted octanol–water partition coefficient (Wildman–Crippen LogP) is 3.65. The highest BCUT2D eigenvalue weighted by Gasteiger charge is 2.28. The van der Waals surface area contributed by atoms with Crippen molar-refractivity contribution in [2.75, 3.05) is 0 Å². The van der Waals surface area contributed by atoms with Gasteiger partial charge >= 0.3 is 0 Å². The Labute approximate surface area is 129 Å². The van der Waals surface area contributed by atoms with Crippen molar-refractivity contribution in [2.24, 2.45) is 11.7 Å². The van der Waals surface area contributed by atoms with Gasteiger partial charge in [-0.1, -0.05) is 37.5 Å². The summed E-state index contributed by atoms with van der Waals surface area (Å²) in [5, 5.41) is 10.4. The lowest BCUT2D eigenvalue weighted by molar-refractivity contribution is 0.0616. The molecule has 2 rings (SSSR count). The smallest absolute Gasteiger partial charge is 0.0761 e. The number of hydrogen-bond acceptors (Lipinski definition) is 2. The summed E-state index contributed by atoms with van der Waals surface area (Å²) in [4.78, 5) is 0. The predicted molar refractivity (Wildman–Crippen MR) is 85.9 cm³/mol. The first kappa shape index (κ1) is 16.2. The van der Waals surface area contributed by atoms with Crippen molar-refractivity contribution in [3.05, 3.63) is 33.4 Å². The normalized spacial score (nSPS) is 19.9. The van der Waals surface area contributed by atoms with Crippen LogP contribution in [0, 0.1) is 9.49 Å². The Kier molecular flexibility index (Phi) is 6.92. The van der Waals surface area contributed by atoms with Crippen LogP contribution in [-0.2, 0) is 0 Å².